The van der Waals surface area contributed by atoms with Gasteiger partial charge in [-0.2, -0.15) is 0 Å². The van der Waals surface area contributed by atoms with Crippen LogP contribution < -0.4 is 5.73 Å². The van der Waals surface area contributed by atoms with Crippen LogP contribution in [0.25, 0.3) is 0 Å². The molecule has 2 aliphatic rings. The fourth-order valence-corrected chi connectivity index (χ4v) is 2.85. The maximum absolute atomic E-state index is 11.3. The van der Waals surface area contributed by atoms with E-state index in [-0.39, 0.29) is 11.9 Å². The van der Waals surface area contributed by atoms with Gasteiger partial charge in [0.05, 0.1) is 6.04 Å². The standard InChI is InChI=1S/C13H16N2O/c14-13(16)12-7-10-6-11(10)15(12)8-9-4-2-1-3-5-9/h1-5,10-12H,6-8H2,(H2,14,16)/t10-,11-,12-/m0/s1. The Bertz CT molecular complexity index is 404. The van der Waals surface area contributed by atoms with Crippen LogP contribution in [0.4, 0.5) is 0 Å². The van der Waals surface area contributed by atoms with Crippen LogP contribution >= 0.6 is 0 Å². The molecule has 2 N–H and O–H groups in total. The Balaban J connectivity index is 1.76. The summed E-state index contributed by atoms with van der Waals surface area (Å²) in [6, 6.07) is 10.9. The summed E-state index contributed by atoms with van der Waals surface area (Å²) >= 11 is 0. The highest BCUT2D eigenvalue weighted by Gasteiger charge is 2.53. The SMILES string of the molecule is NC(=O)[C@@H]1C[C@@H]2C[C@@H]2N1Cc1ccccc1. The van der Waals surface area contributed by atoms with E-state index in [9.17, 15) is 4.79 Å². The van der Waals surface area contributed by atoms with Crippen LogP contribution in [0, 0.1) is 5.92 Å². The molecule has 2 fully saturated rings. The second-order valence-electron chi connectivity index (χ2n) is 4.87. The molecule has 1 aromatic carbocycles. The summed E-state index contributed by atoms with van der Waals surface area (Å²) in [4.78, 5) is 13.6. The third-order valence-corrected chi connectivity index (χ3v) is 3.77. The number of amides is 1. The number of rotatable bonds is 3. The van der Waals surface area contributed by atoms with Crippen LogP contribution in [-0.2, 0) is 11.3 Å². The van der Waals surface area contributed by atoms with Gasteiger partial charge >= 0.3 is 0 Å². The quantitative estimate of drug-likeness (QED) is 0.823. The predicted octanol–water partition coefficient (Wildman–Crippen LogP) is 1.13. The number of nitrogens with zero attached hydrogens (tertiary/aromatic N) is 1. The lowest BCUT2D eigenvalue weighted by atomic mass is 10.1. The monoisotopic (exact) mass is 216 g/mol. The van der Waals surface area contributed by atoms with Crippen molar-refractivity contribution >= 4 is 5.91 Å². The van der Waals surface area contributed by atoms with Crippen LogP contribution in [0.15, 0.2) is 30.3 Å². The lowest BCUT2D eigenvalue weighted by Gasteiger charge is -2.24. The zero-order valence-corrected chi connectivity index (χ0v) is 9.17. The maximum Gasteiger partial charge on any atom is 0.234 e. The molecule has 0 aromatic heterocycles. The molecule has 16 heavy (non-hydrogen) atoms. The van der Waals surface area contributed by atoms with E-state index in [4.69, 9.17) is 5.73 Å². The molecule has 0 spiro atoms. The highest BCUT2D eigenvalue weighted by molar-refractivity contribution is 5.80. The van der Waals surface area contributed by atoms with Gasteiger partial charge < -0.3 is 5.73 Å². The van der Waals surface area contributed by atoms with E-state index in [1.165, 1.54) is 12.0 Å². The number of primary amides is 1. The van der Waals surface area contributed by atoms with E-state index in [0.29, 0.717) is 6.04 Å². The van der Waals surface area contributed by atoms with Crippen LogP contribution in [0.1, 0.15) is 18.4 Å². The Labute approximate surface area is 95.2 Å². The number of carbonyl (C=O) groups is 1. The van der Waals surface area contributed by atoms with Gasteiger partial charge in [0.25, 0.3) is 0 Å². The maximum atomic E-state index is 11.3. The molecule has 1 saturated heterocycles. The molecule has 3 nitrogen and oxygen atoms in total. The predicted molar refractivity (Wildman–Crippen MR) is 61.5 cm³/mol. The molecule has 3 heteroatoms. The first-order valence-corrected chi connectivity index (χ1v) is 5.84. The molecule has 0 bridgehead atoms. The van der Waals surface area contributed by atoms with E-state index < -0.39 is 0 Å². The summed E-state index contributed by atoms with van der Waals surface area (Å²) in [6.07, 6.45) is 2.21. The first-order chi connectivity index (χ1) is 7.75. The fraction of sp³-hybridized carbons (Fsp3) is 0.462. The van der Waals surface area contributed by atoms with Crippen molar-refractivity contribution in [1.82, 2.24) is 4.90 Å². The number of benzene rings is 1. The number of likely N-dealkylation sites (tertiary alicyclic amines) is 1. The van der Waals surface area contributed by atoms with Crippen LogP contribution in [0.3, 0.4) is 0 Å². The first-order valence-electron chi connectivity index (χ1n) is 5.84. The summed E-state index contributed by atoms with van der Waals surface area (Å²) in [7, 11) is 0. The number of carbonyl (C=O) groups excluding carboxylic acids is 1. The highest BCUT2D eigenvalue weighted by atomic mass is 16.1. The van der Waals surface area contributed by atoms with Crippen molar-refractivity contribution in [3.63, 3.8) is 0 Å². The second-order valence-corrected chi connectivity index (χ2v) is 4.87. The molecule has 1 amide bonds. The summed E-state index contributed by atoms with van der Waals surface area (Å²) < 4.78 is 0. The van der Waals surface area contributed by atoms with E-state index in [2.05, 4.69) is 17.0 Å². The van der Waals surface area contributed by atoms with Crippen molar-refractivity contribution in [2.24, 2.45) is 11.7 Å². The van der Waals surface area contributed by atoms with Crippen LogP contribution in [0.5, 0.6) is 0 Å². The Hall–Kier alpha value is -1.35. The van der Waals surface area contributed by atoms with Crippen LogP contribution in [-0.4, -0.2) is 22.9 Å². The zero-order chi connectivity index (χ0) is 11.1. The van der Waals surface area contributed by atoms with Crippen LogP contribution in [0.2, 0.25) is 0 Å². The minimum atomic E-state index is -0.164. The molecular weight excluding hydrogens is 200 g/mol. The average molecular weight is 216 g/mol. The van der Waals surface area contributed by atoms with Gasteiger partial charge in [-0.3, -0.25) is 9.69 Å². The topological polar surface area (TPSA) is 46.3 Å². The number of hydrogen-bond donors (Lipinski definition) is 1. The average Bonchev–Trinajstić information content (AvgIpc) is 2.97. The van der Waals surface area contributed by atoms with E-state index in [1.54, 1.807) is 0 Å². The molecule has 0 radical (unpaired) electrons. The summed E-state index contributed by atoms with van der Waals surface area (Å²) in [5.74, 6) is 0.560. The molecule has 1 aliphatic carbocycles. The lowest BCUT2D eigenvalue weighted by Crippen LogP contribution is -2.42. The van der Waals surface area contributed by atoms with Gasteiger partial charge in [0, 0.05) is 12.6 Å². The zero-order valence-electron chi connectivity index (χ0n) is 9.17. The minimum absolute atomic E-state index is 0.0380. The molecule has 1 saturated carbocycles. The first kappa shape index (κ1) is 9.85. The number of fused-ring (bicyclic) bond motifs is 1. The van der Waals surface area contributed by atoms with Gasteiger partial charge in [0.15, 0.2) is 0 Å². The van der Waals surface area contributed by atoms with Crippen molar-refractivity contribution in [1.29, 1.82) is 0 Å². The fourth-order valence-electron chi connectivity index (χ4n) is 2.85. The van der Waals surface area contributed by atoms with E-state index in [0.717, 1.165) is 18.9 Å². The molecule has 3 rings (SSSR count). The molecule has 0 unspecified atom stereocenters. The van der Waals surface area contributed by atoms with E-state index >= 15 is 0 Å². The minimum Gasteiger partial charge on any atom is -0.368 e. The molecule has 84 valence electrons. The van der Waals surface area contributed by atoms with Crippen molar-refractivity contribution < 1.29 is 4.79 Å². The molecule has 3 atom stereocenters. The third-order valence-electron chi connectivity index (χ3n) is 3.77. The number of nitrogens with two attached hydrogens (primary N) is 1. The molecule has 1 aliphatic heterocycles. The van der Waals surface area contributed by atoms with Gasteiger partial charge in [0.2, 0.25) is 5.91 Å². The van der Waals surface area contributed by atoms with Crippen molar-refractivity contribution in [2.75, 3.05) is 0 Å². The lowest BCUT2D eigenvalue weighted by molar-refractivity contribution is -0.123. The second kappa shape index (κ2) is 3.59. The third kappa shape index (κ3) is 1.61. The highest BCUT2D eigenvalue weighted by Crippen LogP contribution is 2.48. The Morgan fingerprint density at radius 3 is 2.75 bits per heavy atom. The Morgan fingerprint density at radius 2 is 2.06 bits per heavy atom. The smallest absolute Gasteiger partial charge is 0.234 e. The number of hydrogen-bond acceptors (Lipinski definition) is 2. The Morgan fingerprint density at radius 1 is 1.31 bits per heavy atom. The van der Waals surface area contributed by atoms with Crippen molar-refractivity contribution in [2.45, 2.75) is 31.5 Å². The normalized spacial score (nSPS) is 32.4. The van der Waals surface area contributed by atoms with E-state index in [1.807, 2.05) is 18.2 Å². The Kier molecular flexibility index (Phi) is 2.21. The van der Waals surface area contributed by atoms with Gasteiger partial charge in [-0.25, -0.2) is 0 Å². The van der Waals surface area contributed by atoms with Crippen molar-refractivity contribution in [3.05, 3.63) is 35.9 Å². The molecule has 1 heterocycles. The summed E-state index contributed by atoms with van der Waals surface area (Å²) in [5.41, 5.74) is 6.71. The summed E-state index contributed by atoms with van der Waals surface area (Å²) in [5, 5.41) is 0. The van der Waals surface area contributed by atoms with Crippen molar-refractivity contribution in [3.8, 4) is 0 Å². The number of piperidine rings is 1. The summed E-state index contributed by atoms with van der Waals surface area (Å²) in [6.45, 7) is 0.857. The van der Waals surface area contributed by atoms with Gasteiger partial charge in [-0.1, -0.05) is 30.3 Å². The molecular formula is C13H16N2O. The largest absolute Gasteiger partial charge is 0.368 e. The van der Waals surface area contributed by atoms with Gasteiger partial charge in [-0.15, -0.1) is 0 Å². The van der Waals surface area contributed by atoms with Gasteiger partial charge in [0.1, 0.15) is 0 Å². The van der Waals surface area contributed by atoms with Gasteiger partial charge in [-0.05, 0) is 24.3 Å². The molecule has 1 aromatic rings.